The number of aromatic nitrogens is 1. The van der Waals surface area contributed by atoms with Gasteiger partial charge >= 0.3 is 0 Å². The zero-order valence-electron chi connectivity index (χ0n) is 9.82. The summed E-state index contributed by atoms with van der Waals surface area (Å²) in [5, 5.41) is 0.758. The van der Waals surface area contributed by atoms with Gasteiger partial charge in [-0.2, -0.15) is 0 Å². The molecule has 0 N–H and O–H groups in total. The van der Waals surface area contributed by atoms with Crippen LogP contribution >= 0.6 is 0 Å². The van der Waals surface area contributed by atoms with Crippen molar-refractivity contribution in [1.82, 2.24) is 9.47 Å². The highest BCUT2D eigenvalue weighted by Gasteiger charge is 2.40. The first kappa shape index (κ1) is 10.7. The van der Waals surface area contributed by atoms with Gasteiger partial charge in [-0.25, -0.2) is 8.78 Å². The summed E-state index contributed by atoms with van der Waals surface area (Å²) < 4.78 is 28.4. The largest absolute Gasteiger partial charge is 0.343 e. The predicted molar refractivity (Wildman–Crippen MR) is 63.0 cm³/mol. The number of benzene rings is 1. The van der Waals surface area contributed by atoms with Gasteiger partial charge in [0, 0.05) is 23.7 Å². The molecule has 1 unspecified atom stereocenters. The van der Waals surface area contributed by atoms with E-state index in [1.807, 2.05) is 30.9 Å². The molecular weight excluding hydrogens is 222 g/mol. The molecule has 17 heavy (non-hydrogen) atoms. The Kier molecular flexibility index (Phi) is 2.23. The maximum atomic E-state index is 13.2. The third kappa shape index (κ3) is 1.63. The Morgan fingerprint density at radius 1 is 1.24 bits per heavy atom. The highest BCUT2D eigenvalue weighted by atomic mass is 19.2. The molecule has 1 aliphatic carbocycles. The van der Waals surface area contributed by atoms with Gasteiger partial charge in [0.25, 0.3) is 0 Å². The molecule has 4 heteroatoms. The van der Waals surface area contributed by atoms with E-state index in [9.17, 15) is 8.78 Å². The number of nitrogens with zero attached hydrogens (tertiary/aromatic N) is 2. The van der Waals surface area contributed by atoms with Gasteiger partial charge in [0.15, 0.2) is 11.6 Å². The van der Waals surface area contributed by atoms with Crippen molar-refractivity contribution in [2.75, 3.05) is 14.1 Å². The van der Waals surface area contributed by atoms with Crippen LogP contribution in [0, 0.1) is 11.6 Å². The van der Waals surface area contributed by atoms with E-state index in [2.05, 4.69) is 4.90 Å². The number of rotatable bonds is 2. The van der Waals surface area contributed by atoms with E-state index in [1.165, 1.54) is 12.1 Å². The van der Waals surface area contributed by atoms with Crippen molar-refractivity contribution < 1.29 is 8.78 Å². The molecule has 2 atom stereocenters. The van der Waals surface area contributed by atoms with E-state index < -0.39 is 11.6 Å². The van der Waals surface area contributed by atoms with Crippen molar-refractivity contribution in [2.45, 2.75) is 18.5 Å². The zero-order chi connectivity index (χ0) is 12.2. The van der Waals surface area contributed by atoms with E-state index >= 15 is 0 Å². The molecule has 2 aromatic rings. The maximum Gasteiger partial charge on any atom is 0.160 e. The second-order valence-electron chi connectivity index (χ2n) is 4.88. The number of hydrogen-bond donors (Lipinski definition) is 0. The predicted octanol–water partition coefficient (Wildman–Crippen LogP) is 2.79. The Morgan fingerprint density at radius 3 is 2.59 bits per heavy atom. The summed E-state index contributed by atoms with van der Waals surface area (Å²) >= 11 is 0. The Labute approximate surface area is 98.4 Å². The summed E-state index contributed by atoms with van der Waals surface area (Å²) in [4.78, 5) is 2.16. The third-order valence-electron chi connectivity index (χ3n) is 3.51. The van der Waals surface area contributed by atoms with Crippen LogP contribution in [0.15, 0.2) is 24.4 Å². The van der Waals surface area contributed by atoms with Crippen LogP contribution in [0.4, 0.5) is 8.78 Å². The Bertz CT molecular complexity index is 574. The zero-order valence-corrected chi connectivity index (χ0v) is 9.82. The summed E-state index contributed by atoms with van der Waals surface area (Å²) in [5.41, 5.74) is 0.776. The second kappa shape index (κ2) is 3.53. The SMILES string of the molecule is CN(C)C1C[C@@H]1n1ccc2cc(F)c(F)cc21. The summed E-state index contributed by atoms with van der Waals surface area (Å²) in [6.45, 7) is 0. The molecule has 2 nitrogen and oxygen atoms in total. The van der Waals surface area contributed by atoms with Crippen LogP contribution in [0.25, 0.3) is 10.9 Å². The number of likely N-dealkylation sites (N-methyl/N-ethyl adjacent to an activating group) is 1. The summed E-state index contributed by atoms with van der Waals surface area (Å²) in [6.07, 6.45) is 2.98. The van der Waals surface area contributed by atoms with Crippen LogP contribution < -0.4 is 0 Å². The van der Waals surface area contributed by atoms with Crippen molar-refractivity contribution in [3.05, 3.63) is 36.0 Å². The minimum absolute atomic E-state index is 0.382. The van der Waals surface area contributed by atoms with Crippen LogP contribution in [-0.2, 0) is 0 Å². The monoisotopic (exact) mass is 236 g/mol. The highest BCUT2D eigenvalue weighted by molar-refractivity contribution is 5.80. The fraction of sp³-hybridized carbons (Fsp3) is 0.385. The lowest BCUT2D eigenvalue weighted by Gasteiger charge is -2.10. The number of hydrogen-bond acceptors (Lipinski definition) is 1. The number of halogens is 2. The van der Waals surface area contributed by atoms with Crippen LogP contribution in [0.3, 0.4) is 0 Å². The van der Waals surface area contributed by atoms with Gasteiger partial charge in [0.05, 0.1) is 11.6 Å². The van der Waals surface area contributed by atoms with E-state index in [1.54, 1.807) is 0 Å². The van der Waals surface area contributed by atoms with Crippen molar-refractivity contribution in [2.24, 2.45) is 0 Å². The van der Waals surface area contributed by atoms with Crippen molar-refractivity contribution in [3.63, 3.8) is 0 Å². The average Bonchev–Trinajstić information content (AvgIpc) is 2.97. The third-order valence-corrected chi connectivity index (χ3v) is 3.51. The van der Waals surface area contributed by atoms with Crippen LogP contribution in [-0.4, -0.2) is 29.6 Å². The van der Waals surface area contributed by atoms with Crippen molar-refractivity contribution in [1.29, 1.82) is 0 Å². The molecule has 0 saturated heterocycles. The van der Waals surface area contributed by atoms with Crippen LogP contribution in [0.2, 0.25) is 0 Å². The summed E-state index contributed by atoms with van der Waals surface area (Å²) in [6, 6.07) is 5.26. The average molecular weight is 236 g/mol. The summed E-state index contributed by atoms with van der Waals surface area (Å²) in [5.74, 6) is -1.56. The number of fused-ring (bicyclic) bond motifs is 1. The van der Waals surface area contributed by atoms with E-state index in [4.69, 9.17) is 0 Å². The molecule has 0 amide bonds. The standard InChI is InChI=1S/C13H14F2N2/c1-16(2)12-7-13(12)17-4-3-8-5-9(14)10(15)6-11(8)17/h3-6,12-13H,7H2,1-2H3/t12?,13-/m0/s1. The smallest absolute Gasteiger partial charge is 0.160 e. The van der Waals surface area contributed by atoms with Gasteiger partial charge in [-0.15, -0.1) is 0 Å². The van der Waals surface area contributed by atoms with Gasteiger partial charge < -0.3 is 9.47 Å². The summed E-state index contributed by atoms with van der Waals surface area (Å²) in [7, 11) is 4.08. The van der Waals surface area contributed by atoms with Crippen LogP contribution in [0.1, 0.15) is 12.5 Å². The topological polar surface area (TPSA) is 8.17 Å². The first-order valence-electron chi connectivity index (χ1n) is 5.70. The molecule has 0 bridgehead atoms. The molecule has 1 heterocycles. The highest BCUT2D eigenvalue weighted by Crippen LogP contribution is 2.41. The lowest BCUT2D eigenvalue weighted by molar-refractivity contribution is 0.377. The van der Waals surface area contributed by atoms with Crippen molar-refractivity contribution in [3.8, 4) is 0 Å². The molecular formula is C13H14F2N2. The molecule has 0 aliphatic heterocycles. The molecule has 90 valence electrons. The molecule has 1 aromatic heterocycles. The normalized spacial score (nSPS) is 23.6. The van der Waals surface area contributed by atoms with Gasteiger partial charge in [-0.1, -0.05) is 0 Å². The van der Waals surface area contributed by atoms with Crippen molar-refractivity contribution >= 4 is 10.9 Å². The maximum absolute atomic E-state index is 13.2. The second-order valence-corrected chi connectivity index (χ2v) is 4.88. The minimum atomic E-state index is -0.782. The molecule has 1 fully saturated rings. The Morgan fingerprint density at radius 2 is 1.94 bits per heavy atom. The van der Waals surface area contributed by atoms with E-state index in [-0.39, 0.29) is 0 Å². The fourth-order valence-corrected chi connectivity index (χ4v) is 2.46. The first-order chi connectivity index (χ1) is 8.08. The molecule has 3 rings (SSSR count). The quantitative estimate of drug-likeness (QED) is 0.778. The lowest BCUT2D eigenvalue weighted by Crippen LogP contribution is -2.17. The van der Waals surface area contributed by atoms with Crippen LogP contribution in [0.5, 0.6) is 0 Å². The Hall–Kier alpha value is -1.42. The van der Waals surface area contributed by atoms with Gasteiger partial charge in [0.2, 0.25) is 0 Å². The van der Waals surface area contributed by atoms with E-state index in [0.717, 1.165) is 17.3 Å². The van der Waals surface area contributed by atoms with E-state index in [0.29, 0.717) is 12.1 Å². The molecule has 1 aromatic carbocycles. The fourth-order valence-electron chi connectivity index (χ4n) is 2.46. The van der Waals surface area contributed by atoms with Gasteiger partial charge in [0.1, 0.15) is 0 Å². The molecule has 1 saturated carbocycles. The molecule has 1 aliphatic rings. The minimum Gasteiger partial charge on any atom is -0.343 e. The Balaban J connectivity index is 2.04. The van der Waals surface area contributed by atoms with Gasteiger partial charge in [-0.3, -0.25) is 0 Å². The lowest BCUT2D eigenvalue weighted by atomic mass is 10.2. The first-order valence-corrected chi connectivity index (χ1v) is 5.70. The molecule has 0 spiro atoms. The van der Waals surface area contributed by atoms with Gasteiger partial charge in [-0.05, 0) is 32.6 Å². The molecule has 0 radical (unpaired) electrons.